The van der Waals surface area contributed by atoms with Gasteiger partial charge in [0.25, 0.3) is 0 Å². The van der Waals surface area contributed by atoms with E-state index in [1.54, 1.807) is 19.2 Å². The molecule has 1 aromatic rings. The summed E-state index contributed by atoms with van der Waals surface area (Å²) in [6.45, 7) is 0. The first-order chi connectivity index (χ1) is 6.74. The van der Waals surface area contributed by atoms with Gasteiger partial charge in [0.1, 0.15) is 10.7 Å². The van der Waals surface area contributed by atoms with Crippen molar-refractivity contribution < 1.29 is 9.34 Å². The minimum atomic E-state index is -0.584. The Hall–Kier alpha value is -2.11. The molecule has 14 heavy (non-hydrogen) atoms. The van der Waals surface area contributed by atoms with Crippen LogP contribution in [0.15, 0.2) is 27.7 Å². The van der Waals surface area contributed by atoms with Crippen LogP contribution in [0.2, 0.25) is 0 Å². The molecular weight excluding hydrogens is 186 g/mol. The Labute approximate surface area is 80.1 Å². The van der Waals surface area contributed by atoms with E-state index in [0.29, 0.717) is 5.76 Å². The smallest absolute Gasteiger partial charge is 0.401 e. The molecule has 6 nitrogen and oxygen atoms in total. The maximum Gasteiger partial charge on any atom is 0.433 e. The molecule has 1 N–H and O–H groups in total. The van der Waals surface area contributed by atoms with E-state index in [1.165, 1.54) is 18.3 Å². The zero-order valence-corrected chi connectivity index (χ0v) is 7.51. The number of furan rings is 1. The molecule has 0 atom stereocenters. The molecule has 74 valence electrons. The monoisotopic (exact) mass is 195 g/mol. The summed E-state index contributed by atoms with van der Waals surface area (Å²) in [6, 6.07) is 2.82. The van der Waals surface area contributed by atoms with Crippen molar-refractivity contribution in [1.29, 1.82) is 0 Å². The Morgan fingerprint density at radius 2 is 2.43 bits per heavy atom. The molecule has 0 fully saturated rings. The zero-order chi connectivity index (χ0) is 10.4. The van der Waals surface area contributed by atoms with E-state index in [2.05, 4.69) is 10.5 Å². The SMILES string of the molecule is CN/N=C/C=C/c1ccc([N+](=O)[O-])o1. The van der Waals surface area contributed by atoms with Gasteiger partial charge in [-0.1, -0.05) is 0 Å². The molecular formula is C8H9N3O3. The second-order valence-electron chi connectivity index (χ2n) is 2.29. The lowest BCUT2D eigenvalue weighted by Gasteiger charge is -1.83. The summed E-state index contributed by atoms with van der Waals surface area (Å²) < 4.78 is 4.86. The summed E-state index contributed by atoms with van der Waals surface area (Å²) in [5.74, 6) is 0.148. The fourth-order valence-electron chi connectivity index (χ4n) is 0.785. The van der Waals surface area contributed by atoms with Crippen molar-refractivity contribution in [3.05, 3.63) is 34.1 Å². The normalized spacial score (nSPS) is 11.2. The second-order valence-corrected chi connectivity index (χ2v) is 2.29. The average Bonchev–Trinajstić information content (AvgIpc) is 2.61. The predicted octanol–water partition coefficient (Wildman–Crippen LogP) is 1.41. The maximum atomic E-state index is 10.2. The first-order valence-electron chi connectivity index (χ1n) is 3.84. The van der Waals surface area contributed by atoms with Gasteiger partial charge in [-0.3, -0.25) is 10.1 Å². The molecule has 0 aromatic carbocycles. The molecule has 0 saturated carbocycles. The summed E-state index contributed by atoms with van der Waals surface area (Å²) in [5.41, 5.74) is 2.56. The standard InChI is InChI=1S/C8H9N3O3/c1-9-10-6-2-3-7-4-5-8(14-7)11(12)13/h2-6,9H,1H3/b3-2+,10-6+. The maximum absolute atomic E-state index is 10.2. The van der Waals surface area contributed by atoms with Gasteiger partial charge < -0.3 is 9.84 Å². The van der Waals surface area contributed by atoms with Gasteiger partial charge in [0, 0.05) is 13.3 Å². The summed E-state index contributed by atoms with van der Waals surface area (Å²) in [7, 11) is 1.67. The lowest BCUT2D eigenvalue weighted by Crippen LogP contribution is -1.91. The van der Waals surface area contributed by atoms with Gasteiger partial charge in [0.2, 0.25) is 0 Å². The zero-order valence-electron chi connectivity index (χ0n) is 7.51. The van der Waals surface area contributed by atoms with Crippen LogP contribution >= 0.6 is 0 Å². The topological polar surface area (TPSA) is 80.7 Å². The highest BCUT2D eigenvalue weighted by Gasteiger charge is 2.09. The van der Waals surface area contributed by atoms with Gasteiger partial charge in [-0.05, 0) is 18.2 Å². The number of nitrogens with one attached hydrogen (secondary N) is 1. The van der Waals surface area contributed by atoms with Crippen molar-refractivity contribution in [2.75, 3.05) is 7.05 Å². The molecule has 0 saturated heterocycles. The van der Waals surface area contributed by atoms with E-state index in [-0.39, 0.29) is 5.88 Å². The van der Waals surface area contributed by atoms with Gasteiger partial charge in [-0.25, -0.2) is 0 Å². The molecule has 0 amide bonds. The Balaban J connectivity index is 2.64. The molecule has 0 aliphatic carbocycles. The van der Waals surface area contributed by atoms with E-state index in [4.69, 9.17) is 4.42 Å². The number of hydrogen-bond donors (Lipinski definition) is 1. The number of hydrazone groups is 1. The molecule has 0 radical (unpaired) electrons. The fraction of sp³-hybridized carbons (Fsp3) is 0.125. The molecule has 6 heteroatoms. The summed E-state index contributed by atoms with van der Waals surface area (Å²) >= 11 is 0. The molecule has 0 spiro atoms. The van der Waals surface area contributed by atoms with Crippen LogP contribution in [-0.2, 0) is 0 Å². The highest BCUT2D eigenvalue weighted by Crippen LogP contribution is 2.16. The van der Waals surface area contributed by atoms with Gasteiger partial charge in [-0.2, -0.15) is 5.10 Å². The van der Waals surface area contributed by atoms with Crippen molar-refractivity contribution in [2.24, 2.45) is 5.10 Å². The number of allylic oxidation sites excluding steroid dienone is 1. The Morgan fingerprint density at radius 1 is 1.64 bits per heavy atom. The van der Waals surface area contributed by atoms with Crippen LogP contribution < -0.4 is 5.43 Å². The van der Waals surface area contributed by atoms with Crippen LogP contribution in [0.5, 0.6) is 0 Å². The Morgan fingerprint density at radius 3 is 3.00 bits per heavy atom. The largest absolute Gasteiger partial charge is 0.433 e. The van der Waals surface area contributed by atoms with Gasteiger partial charge in [0.15, 0.2) is 0 Å². The summed E-state index contributed by atoms with van der Waals surface area (Å²) in [4.78, 5) is 9.66. The second kappa shape index (κ2) is 4.80. The average molecular weight is 195 g/mol. The van der Waals surface area contributed by atoms with Crippen molar-refractivity contribution in [2.45, 2.75) is 0 Å². The van der Waals surface area contributed by atoms with E-state index < -0.39 is 4.92 Å². The molecule has 0 unspecified atom stereocenters. The first kappa shape index (κ1) is 9.97. The lowest BCUT2D eigenvalue weighted by atomic mass is 10.4. The van der Waals surface area contributed by atoms with Crippen molar-refractivity contribution in [3.63, 3.8) is 0 Å². The third kappa shape index (κ3) is 2.74. The van der Waals surface area contributed by atoms with Crippen molar-refractivity contribution >= 4 is 18.2 Å². The number of nitrogens with zero attached hydrogens (tertiary/aromatic N) is 2. The first-order valence-corrected chi connectivity index (χ1v) is 3.84. The van der Waals surface area contributed by atoms with Gasteiger partial charge in [0.05, 0.1) is 6.07 Å². The molecule has 1 heterocycles. The molecule has 1 aromatic heterocycles. The van der Waals surface area contributed by atoms with Crippen molar-refractivity contribution in [3.8, 4) is 0 Å². The number of rotatable bonds is 4. The molecule has 0 aliphatic rings. The van der Waals surface area contributed by atoms with Gasteiger partial charge >= 0.3 is 5.88 Å². The molecule has 0 aliphatic heterocycles. The van der Waals surface area contributed by atoms with Gasteiger partial charge in [-0.15, -0.1) is 0 Å². The van der Waals surface area contributed by atoms with Crippen LogP contribution in [0, 0.1) is 10.1 Å². The summed E-state index contributed by atoms with van der Waals surface area (Å²) in [5, 5.41) is 13.9. The third-order valence-electron chi connectivity index (χ3n) is 1.34. The van der Waals surface area contributed by atoms with Crippen molar-refractivity contribution in [1.82, 2.24) is 5.43 Å². The van der Waals surface area contributed by atoms with E-state index in [9.17, 15) is 10.1 Å². The van der Waals surface area contributed by atoms with Crippen LogP contribution in [0.4, 0.5) is 5.88 Å². The molecule has 1 rings (SSSR count). The predicted molar refractivity (Wildman–Crippen MR) is 51.9 cm³/mol. The highest BCUT2D eigenvalue weighted by molar-refractivity contribution is 5.77. The highest BCUT2D eigenvalue weighted by atomic mass is 16.6. The minimum absolute atomic E-state index is 0.268. The quantitative estimate of drug-likeness (QED) is 0.447. The fourth-order valence-corrected chi connectivity index (χ4v) is 0.785. The van der Waals surface area contributed by atoms with Crippen LogP contribution in [0.25, 0.3) is 6.08 Å². The van der Waals surface area contributed by atoms with E-state index >= 15 is 0 Å². The Bertz CT molecular complexity index is 368. The number of nitro groups is 1. The van der Waals surface area contributed by atoms with Crippen LogP contribution in [-0.4, -0.2) is 18.2 Å². The van der Waals surface area contributed by atoms with E-state index in [1.807, 2.05) is 0 Å². The van der Waals surface area contributed by atoms with Crippen LogP contribution in [0.3, 0.4) is 0 Å². The minimum Gasteiger partial charge on any atom is -0.401 e. The Kier molecular flexibility index (Phi) is 3.42. The third-order valence-corrected chi connectivity index (χ3v) is 1.34. The van der Waals surface area contributed by atoms with Crippen LogP contribution in [0.1, 0.15) is 5.76 Å². The molecule has 0 bridgehead atoms. The summed E-state index contributed by atoms with van der Waals surface area (Å²) in [6.07, 6.45) is 4.70. The van der Waals surface area contributed by atoms with E-state index in [0.717, 1.165) is 0 Å². The lowest BCUT2D eigenvalue weighted by molar-refractivity contribution is -0.402. The number of hydrogen-bond acceptors (Lipinski definition) is 5.